The summed E-state index contributed by atoms with van der Waals surface area (Å²) in [5.41, 5.74) is 0.870. The van der Waals surface area contributed by atoms with Crippen molar-refractivity contribution >= 4 is 17.4 Å². The van der Waals surface area contributed by atoms with Crippen molar-refractivity contribution in [1.29, 1.82) is 0 Å². The molecule has 0 aromatic carbocycles. The standard InChI is InChI=1S/C13H17N3OS/c1-17-11-2-5-16-12(14-15-13(16)9-11)8-10-3-6-18-7-4-10/h2,5,9-10H,3-4,6-8H2,1H3. The predicted octanol–water partition coefficient (Wildman–Crippen LogP) is 2.42. The molecule has 1 aliphatic rings. The number of hydrogen-bond acceptors (Lipinski definition) is 4. The van der Waals surface area contributed by atoms with E-state index in [9.17, 15) is 0 Å². The maximum absolute atomic E-state index is 5.20. The van der Waals surface area contributed by atoms with Crippen molar-refractivity contribution < 1.29 is 4.74 Å². The SMILES string of the molecule is COc1ccn2c(CC3CCSCC3)nnc2c1. The van der Waals surface area contributed by atoms with E-state index in [0.29, 0.717) is 0 Å². The second-order valence-corrected chi connectivity index (χ2v) is 5.90. The largest absolute Gasteiger partial charge is 0.497 e. The fourth-order valence-corrected chi connectivity index (χ4v) is 3.60. The molecule has 96 valence electrons. The zero-order valence-electron chi connectivity index (χ0n) is 10.5. The van der Waals surface area contributed by atoms with Crippen LogP contribution < -0.4 is 4.74 Å². The molecular weight excluding hydrogens is 246 g/mol. The molecule has 18 heavy (non-hydrogen) atoms. The molecule has 0 saturated carbocycles. The first-order valence-electron chi connectivity index (χ1n) is 6.32. The van der Waals surface area contributed by atoms with Crippen LogP contribution in [0.15, 0.2) is 18.3 Å². The van der Waals surface area contributed by atoms with E-state index in [1.165, 1.54) is 24.3 Å². The highest BCUT2D eigenvalue weighted by atomic mass is 32.2. The molecule has 0 bridgehead atoms. The van der Waals surface area contributed by atoms with Crippen molar-refractivity contribution in [3.8, 4) is 5.75 Å². The lowest BCUT2D eigenvalue weighted by molar-refractivity contribution is 0.414. The molecule has 2 aromatic heterocycles. The highest BCUT2D eigenvalue weighted by molar-refractivity contribution is 7.99. The van der Waals surface area contributed by atoms with E-state index in [2.05, 4.69) is 26.4 Å². The van der Waals surface area contributed by atoms with Crippen LogP contribution in [-0.4, -0.2) is 33.2 Å². The van der Waals surface area contributed by atoms with E-state index in [1.807, 2.05) is 18.3 Å². The van der Waals surface area contributed by atoms with Gasteiger partial charge in [0.05, 0.1) is 7.11 Å². The van der Waals surface area contributed by atoms with Crippen molar-refractivity contribution in [2.45, 2.75) is 19.3 Å². The lowest BCUT2D eigenvalue weighted by atomic mass is 9.98. The van der Waals surface area contributed by atoms with Crippen molar-refractivity contribution in [3.63, 3.8) is 0 Å². The molecule has 3 rings (SSSR count). The summed E-state index contributed by atoms with van der Waals surface area (Å²) in [7, 11) is 1.67. The van der Waals surface area contributed by atoms with Crippen molar-refractivity contribution in [2.24, 2.45) is 5.92 Å². The summed E-state index contributed by atoms with van der Waals surface area (Å²) >= 11 is 2.06. The molecule has 0 spiro atoms. The van der Waals surface area contributed by atoms with E-state index in [-0.39, 0.29) is 0 Å². The summed E-state index contributed by atoms with van der Waals surface area (Å²) in [6.07, 6.45) is 5.64. The molecule has 0 aliphatic carbocycles. The average Bonchev–Trinajstić information content (AvgIpc) is 2.82. The van der Waals surface area contributed by atoms with Gasteiger partial charge in [0.15, 0.2) is 5.65 Å². The van der Waals surface area contributed by atoms with Gasteiger partial charge in [-0.05, 0) is 36.3 Å². The number of hydrogen-bond donors (Lipinski definition) is 0. The van der Waals surface area contributed by atoms with Crippen LogP contribution in [0.25, 0.3) is 5.65 Å². The number of rotatable bonds is 3. The Morgan fingerprint density at radius 2 is 2.22 bits per heavy atom. The van der Waals surface area contributed by atoms with Gasteiger partial charge in [-0.2, -0.15) is 11.8 Å². The van der Waals surface area contributed by atoms with Crippen molar-refractivity contribution in [2.75, 3.05) is 18.6 Å². The minimum atomic E-state index is 0.765. The summed E-state index contributed by atoms with van der Waals surface area (Å²) in [5, 5.41) is 8.54. The van der Waals surface area contributed by atoms with Crippen LogP contribution in [0.5, 0.6) is 5.75 Å². The zero-order chi connectivity index (χ0) is 12.4. The third-order valence-corrected chi connectivity index (χ3v) is 4.55. The zero-order valence-corrected chi connectivity index (χ0v) is 11.3. The number of aromatic nitrogens is 3. The molecule has 0 atom stereocenters. The lowest BCUT2D eigenvalue weighted by Gasteiger charge is -2.20. The fourth-order valence-electron chi connectivity index (χ4n) is 2.40. The quantitative estimate of drug-likeness (QED) is 0.852. The van der Waals surface area contributed by atoms with Gasteiger partial charge in [-0.3, -0.25) is 4.40 Å². The van der Waals surface area contributed by atoms with Crippen LogP contribution in [0.4, 0.5) is 0 Å². The fraction of sp³-hybridized carbons (Fsp3) is 0.538. The molecule has 4 nitrogen and oxygen atoms in total. The molecule has 5 heteroatoms. The van der Waals surface area contributed by atoms with Gasteiger partial charge in [-0.15, -0.1) is 10.2 Å². The Morgan fingerprint density at radius 3 is 3.00 bits per heavy atom. The number of pyridine rings is 1. The molecule has 0 unspecified atom stereocenters. The second kappa shape index (κ2) is 5.18. The highest BCUT2D eigenvalue weighted by Gasteiger charge is 2.17. The van der Waals surface area contributed by atoms with Gasteiger partial charge in [-0.25, -0.2) is 0 Å². The summed E-state index contributed by atoms with van der Waals surface area (Å²) < 4.78 is 7.27. The Morgan fingerprint density at radius 1 is 1.39 bits per heavy atom. The van der Waals surface area contributed by atoms with Crippen LogP contribution in [0.2, 0.25) is 0 Å². The van der Waals surface area contributed by atoms with Gasteiger partial charge in [0.2, 0.25) is 0 Å². The second-order valence-electron chi connectivity index (χ2n) is 4.67. The number of nitrogens with zero attached hydrogens (tertiary/aromatic N) is 3. The Kier molecular flexibility index (Phi) is 3.41. The van der Waals surface area contributed by atoms with Crippen LogP contribution in [0.1, 0.15) is 18.7 Å². The van der Waals surface area contributed by atoms with Gasteiger partial charge in [0, 0.05) is 18.7 Å². The molecular formula is C13H17N3OS. The smallest absolute Gasteiger partial charge is 0.164 e. The normalized spacial score (nSPS) is 17.2. The predicted molar refractivity (Wildman–Crippen MR) is 73.3 cm³/mol. The summed E-state index contributed by atoms with van der Waals surface area (Å²) in [6.45, 7) is 0. The van der Waals surface area contributed by atoms with Crippen molar-refractivity contribution in [1.82, 2.24) is 14.6 Å². The monoisotopic (exact) mass is 263 g/mol. The molecule has 0 N–H and O–H groups in total. The average molecular weight is 263 g/mol. The van der Waals surface area contributed by atoms with Crippen LogP contribution in [0.3, 0.4) is 0 Å². The maximum atomic E-state index is 5.20. The topological polar surface area (TPSA) is 39.4 Å². The molecule has 1 saturated heterocycles. The first kappa shape index (κ1) is 11.8. The summed E-state index contributed by atoms with van der Waals surface area (Å²) in [4.78, 5) is 0. The van der Waals surface area contributed by atoms with E-state index < -0.39 is 0 Å². The Hall–Kier alpha value is -1.23. The van der Waals surface area contributed by atoms with E-state index in [0.717, 1.165) is 29.6 Å². The first-order chi connectivity index (χ1) is 8.86. The first-order valence-corrected chi connectivity index (χ1v) is 7.47. The Balaban J connectivity index is 1.83. The number of thioether (sulfide) groups is 1. The Labute approximate surface area is 111 Å². The minimum Gasteiger partial charge on any atom is -0.497 e. The Bertz CT molecular complexity index is 534. The molecule has 2 aromatic rings. The molecule has 0 amide bonds. The van der Waals surface area contributed by atoms with E-state index in [1.54, 1.807) is 7.11 Å². The van der Waals surface area contributed by atoms with Crippen LogP contribution in [-0.2, 0) is 6.42 Å². The summed E-state index contributed by atoms with van der Waals surface area (Å²) in [6, 6.07) is 3.88. The molecule has 1 fully saturated rings. The highest BCUT2D eigenvalue weighted by Crippen LogP contribution is 2.25. The number of methoxy groups -OCH3 is 1. The molecule has 1 aliphatic heterocycles. The third kappa shape index (κ3) is 2.32. The van der Waals surface area contributed by atoms with Gasteiger partial charge in [-0.1, -0.05) is 0 Å². The maximum Gasteiger partial charge on any atom is 0.164 e. The van der Waals surface area contributed by atoms with Crippen LogP contribution in [0, 0.1) is 5.92 Å². The third-order valence-electron chi connectivity index (χ3n) is 3.50. The van der Waals surface area contributed by atoms with Gasteiger partial charge < -0.3 is 4.74 Å². The number of ether oxygens (including phenoxy) is 1. The number of fused-ring (bicyclic) bond motifs is 1. The lowest BCUT2D eigenvalue weighted by Crippen LogP contribution is -2.13. The van der Waals surface area contributed by atoms with Gasteiger partial charge >= 0.3 is 0 Å². The van der Waals surface area contributed by atoms with Gasteiger partial charge in [0.25, 0.3) is 0 Å². The summed E-state index contributed by atoms with van der Waals surface area (Å²) in [5.74, 6) is 5.24. The molecule has 0 radical (unpaired) electrons. The van der Waals surface area contributed by atoms with Gasteiger partial charge in [0.1, 0.15) is 11.6 Å². The van der Waals surface area contributed by atoms with Crippen LogP contribution >= 0.6 is 11.8 Å². The molecule has 3 heterocycles. The van der Waals surface area contributed by atoms with E-state index in [4.69, 9.17) is 4.74 Å². The minimum absolute atomic E-state index is 0.765. The van der Waals surface area contributed by atoms with E-state index >= 15 is 0 Å². The van der Waals surface area contributed by atoms with Crippen molar-refractivity contribution in [3.05, 3.63) is 24.2 Å².